The summed E-state index contributed by atoms with van der Waals surface area (Å²) in [6.45, 7) is 0.104. The summed E-state index contributed by atoms with van der Waals surface area (Å²) in [5, 5.41) is 4.56. The molecular weight excluding hydrogens is 350 g/mol. The van der Waals surface area contributed by atoms with E-state index in [0.717, 1.165) is 53.1 Å². The van der Waals surface area contributed by atoms with Crippen molar-refractivity contribution in [3.05, 3.63) is 29.5 Å². The predicted molar refractivity (Wildman–Crippen MR) is 107 cm³/mol. The average molecular weight is 380 g/mol. The van der Waals surface area contributed by atoms with E-state index in [9.17, 15) is 4.79 Å². The Balaban J connectivity index is 1.14. The second-order valence-corrected chi connectivity index (χ2v) is 9.90. The standard InChI is InChI=1S/C24H29NO3/c26-23(25-24-11-15-7-16(12-24)9-17(8-15)13-24)14-27-18-5-6-22-20(10-18)19-3-1-2-4-21(19)28-22/h5-6,10,15-17H,1-4,7-9,11-14H2,(H,25,26). The Hall–Kier alpha value is -1.97. The molecule has 1 amide bonds. The second kappa shape index (κ2) is 6.27. The third-order valence-corrected chi connectivity index (χ3v) is 7.74. The fraction of sp³-hybridized carbons (Fsp3) is 0.625. The summed E-state index contributed by atoms with van der Waals surface area (Å²) in [7, 11) is 0. The number of furan rings is 1. The number of hydrogen-bond donors (Lipinski definition) is 1. The van der Waals surface area contributed by atoms with Crippen LogP contribution in [-0.4, -0.2) is 18.1 Å². The molecule has 4 heteroatoms. The van der Waals surface area contributed by atoms with Gasteiger partial charge >= 0.3 is 0 Å². The number of hydrogen-bond acceptors (Lipinski definition) is 3. The van der Waals surface area contributed by atoms with Gasteiger partial charge < -0.3 is 14.5 Å². The van der Waals surface area contributed by atoms with Gasteiger partial charge in [-0.15, -0.1) is 0 Å². The van der Waals surface area contributed by atoms with Crippen LogP contribution >= 0.6 is 0 Å². The van der Waals surface area contributed by atoms with Crippen molar-refractivity contribution in [2.75, 3.05) is 6.61 Å². The van der Waals surface area contributed by atoms with E-state index in [2.05, 4.69) is 11.4 Å². The average Bonchev–Trinajstić information content (AvgIpc) is 3.03. The minimum atomic E-state index is 0.0382. The summed E-state index contributed by atoms with van der Waals surface area (Å²) >= 11 is 0. The zero-order valence-corrected chi connectivity index (χ0v) is 16.5. The van der Waals surface area contributed by atoms with E-state index in [1.807, 2.05) is 12.1 Å². The van der Waals surface area contributed by atoms with E-state index >= 15 is 0 Å². The lowest BCUT2D eigenvalue weighted by Crippen LogP contribution is -2.60. The molecule has 5 aliphatic carbocycles. The van der Waals surface area contributed by atoms with Crippen molar-refractivity contribution in [3.8, 4) is 5.75 Å². The van der Waals surface area contributed by atoms with E-state index < -0.39 is 0 Å². The van der Waals surface area contributed by atoms with Gasteiger partial charge in [-0.3, -0.25) is 4.79 Å². The van der Waals surface area contributed by atoms with Gasteiger partial charge in [-0.1, -0.05) is 0 Å². The first-order valence-electron chi connectivity index (χ1n) is 11.1. The topological polar surface area (TPSA) is 51.5 Å². The number of ether oxygens (including phenoxy) is 1. The van der Waals surface area contributed by atoms with Crippen LogP contribution in [-0.2, 0) is 17.6 Å². The van der Waals surface area contributed by atoms with Crippen molar-refractivity contribution in [2.45, 2.75) is 69.7 Å². The summed E-state index contributed by atoms with van der Waals surface area (Å²) in [6, 6.07) is 5.97. The number of benzene rings is 1. The molecule has 0 saturated heterocycles. The molecule has 4 saturated carbocycles. The normalized spacial score (nSPS) is 33.1. The number of aryl methyl sites for hydroxylation is 2. The first-order chi connectivity index (χ1) is 13.7. The first kappa shape index (κ1) is 16.9. The number of carbonyl (C=O) groups is 1. The van der Waals surface area contributed by atoms with E-state index in [1.165, 1.54) is 56.9 Å². The molecule has 7 rings (SSSR count). The van der Waals surface area contributed by atoms with E-state index in [0.29, 0.717) is 0 Å². The zero-order chi connectivity index (χ0) is 18.7. The van der Waals surface area contributed by atoms with E-state index in [1.54, 1.807) is 0 Å². The molecule has 4 bridgehead atoms. The van der Waals surface area contributed by atoms with Crippen LogP contribution in [0.3, 0.4) is 0 Å². The van der Waals surface area contributed by atoms with Crippen LogP contribution < -0.4 is 10.1 Å². The highest BCUT2D eigenvalue weighted by atomic mass is 16.5. The van der Waals surface area contributed by atoms with E-state index in [-0.39, 0.29) is 18.1 Å². The van der Waals surface area contributed by atoms with Crippen molar-refractivity contribution < 1.29 is 13.9 Å². The molecule has 0 aliphatic heterocycles. The number of fused-ring (bicyclic) bond motifs is 3. The largest absolute Gasteiger partial charge is 0.484 e. The Morgan fingerprint density at radius 3 is 2.54 bits per heavy atom. The van der Waals surface area contributed by atoms with Gasteiger partial charge in [0.2, 0.25) is 0 Å². The molecule has 0 unspecified atom stereocenters. The van der Waals surface area contributed by atoms with Crippen LogP contribution in [0.4, 0.5) is 0 Å². The summed E-state index contributed by atoms with van der Waals surface area (Å²) in [5.41, 5.74) is 2.34. The second-order valence-electron chi connectivity index (χ2n) is 9.90. The summed E-state index contributed by atoms with van der Waals surface area (Å²) in [5.74, 6) is 4.45. The number of rotatable bonds is 4. The maximum Gasteiger partial charge on any atom is 0.258 e. The van der Waals surface area contributed by atoms with Crippen LogP contribution in [0.1, 0.15) is 62.7 Å². The molecule has 0 spiro atoms. The molecule has 1 N–H and O–H groups in total. The maximum atomic E-state index is 12.7. The lowest BCUT2D eigenvalue weighted by Gasteiger charge is -2.56. The summed E-state index contributed by atoms with van der Waals surface area (Å²) in [6.07, 6.45) is 12.3. The lowest BCUT2D eigenvalue weighted by molar-refractivity contribution is -0.128. The highest BCUT2D eigenvalue weighted by molar-refractivity contribution is 5.84. The van der Waals surface area contributed by atoms with Crippen LogP contribution in [0, 0.1) is 17.8 Å². The van der Waals surface area contributed by atoms with Crippen LogP contribution in [0.2, 0.25) is 0 Å². The molecule has 28 heavy (non-hydrogen) atoms. The maximum absolute atomic E-state index is 12.7. The van der Waals surface area contributed by atoms with Crippen molar-refractivity contribution in [2.24, 2.45) is 17.8 Å². The Bertz CT molecular complexity index is 892. The molecule has 1 aromatic carbocycles. The number of carbonyl (C=O) groups excluding carboxylic acids is 1. The Labute approximate surface area is 166 Å². The SMILES string of the molecule is O=C(COc1ccc2oc3c(c2c1)CCCC3)NC12CC3CC(CC(C3)C1)C2. The quantitative estimate of drug-likeness (QED) is 0.832. The first-order valence-corrected chi connectivity index (χ1v) is 11.1. The third kappa shape index (κ3) is 2.84. The molecule has 0 atom stereocenters. The molecule has 2 aromatic rings. The minimum Gasteiger partial charge on any atom is -0.484 e. The third-order valence-electron chi connectivity index (χ3n) is 7.74. The molecular formula is C24H29NO3. The van der Waals surface area contributed by atoms with Crippen molar-refractivity contribution in [1.29, 1.82) is 0 Å². The fourth-order valence-electron chi connectivity index (χ4n) is 7.08. The van der Waals surface area contributed by atoms with Gasteiger partial charge in [0.1, 0.15) is 17.1 Å². The molecule has 1 heterocycles. The molecule has 4 fully saturated rings. The molecule has 5 aliphatic rings. The molecule has 0 radical (unpaired) electrons. The predicted octanol–water partition coefficient (Wildman–Crippen LogP) is 4.78. The minimum absolute atomic E-state index is 0.0382. The van der Waals surface area contributed by atoms with Gasteiger partial charge in [0.15, 0.2) is 6.61 Å². The molecule has 4 nitrogen and oxygen atoms in total. The summed E-state index contributed by atoms with van der Waals surface area (Å²) in [4.78, 5) is 12.7. The molecule has 148 valence electrons. The lowest BCUT2D eigenvalue weighted by atomic mass is 9.53. The highest BCUT2D eigenvalue weighted by Gasteiger charge is 2.51. The fourth-order valence-corrected chi connectivity index (χ4v) is 7.08. The monoisotopic (exact) mass is 379 g/mol. The van der Waals surface area contributed by atoms with Gasteiger partial charge in [0.25, 0.3) is 5.91 Å². The van der Waals surface area contributed by atoms with Crippen molar-refractivity contribution in [1.82, 2.24) is 5.32 Å². The van der Waals surface area contributed by atoms with Crippen LogP contribution in [0.5, 0.6) is 5.75 Å². The highest BCUT2D eigenvalue weighted by Crippen LogP contribution is 2.55. The zero-order valence-electron chi connectivity index (χ0n) is 16.5. The Kier molecular flexibility index (Phi) is 3.79. The van der Waals surface area contributed by atoms with Gasteiger partial charge in [-0.25, -0.2) is 0 Å². The van der Waals surface area contributed by atoms with Crippen molar-refractivity contribution in [3.63, 3.8) is 0 Å². The Morgan fingerprint density at radius 2 is 1.79 bits per heavy atom. The van der Waals surface area contributed by atoms with E-state index in [4.69, 9.17) is 9.15 Å². The summed E-state index contributed by atoms with van der Waals surface area (Å²) < 4.78 is 11.9. The van der Waals surface area contributed by atoms with Crippen LogP contribution in [0.25, 0.3) is 11.0 Å². The van der Waals surface area contributed by atoms with Gasteiger partial charge in [0.05, 0.1) is 0 Å². The number of nitrogens with one attached hydrogen (secondary N) is 1. The van der Waals surface area contributed by atoms with Crippen LogP contribution in [0.15, 0.2) is 22.6 Å². The van der Waals surface area contributed by atoms with Gasteiger partial charge in [-0.2, -0.15) is 0 Å². The van der Waals surface area contributed by atoms with Gasteiger partial charge in [0, 0.05) is 22.9 Å². The van der Waals surface area contributed by atoms with Gasteiger partial charge in [-0.05, 0) is 93.7 Å². The number of amides is 1. The Morgan fingerprint density at radius 1 is 1.07 bits per heavy atom. The smallest absolute Gasteiger partial charge is 0.258 e. The van der Waals surface area contributed by atoms with Crippen molar-refractivity contribution >= 4 is 16.9 Å². The molecule has 1 aromatic heterocycles.